The molecule has 0 spiro atoms. The topological polar surface area (TPSA) is 146 Å². The summed E-state index contributed by atoms with van der Waals surface area (Å²) in [6, 6.07) is 12.4. The van der Waals surface area contributed by atoms with Crippen LogP contribution in [0.25, 0.3) is 22.6 Å². The molecule has 2 aromatic carbocycles. The highest BCUT2D eigenvalue weighted by Crippen LogP contribution is 2.29. The lowest BCUT2D eigenvalue weighted by Crippen LogP contribution is -2.10. The monoisotopic (exact) mass is 470 g/mol. The number of carbonyl (C=O) groups excluding carboxylic acids is 2. The molecule has 0 bridgehead atoms. The third-order valence-corrected chi connectivity index (χ3v) is 4.33. The Kier molecular flexibility index (Phi) is 8.94. The van der Waals surface area contributed by atoms with E-state index in [1.54, 1.807) is 19.9 Å². The SMILES string of the molecule is CC(C)(C)c1ccc(-c2nc3cc([N+](=O)[O-])ccc3o2)cc1.CCOC(=O)/N=N/C(=O)OCC. The summed E-state index contributed by atoms with van der Waals surface area (Å²) in [7, 11) is 0. The fourth-order valence-corrected chi connectivity index (χ4v) is 2.65. The van der Waals surface area contributed by atoms with E-state index in [1.165, 1.54) is 17.7 Å². The van der Waals surface area contributed by atoms with E-state index in [4.69, 9.17) is 4.42 Å². The molecule has 0 saturated heterocycles. The third kappa shape index (κ3) is 7.47. The molecule has 0 aliphatic carbocycles. The minimum absolute atomic E-state index is 0.00966. The van der Waals surface area contributed by atoms with Crippen molar-refractivity contribution >= 4 is 29.0 Å². The molecule has 180 valence electrons. The van der Waals surface area contributed by atoms with Crippen LogP contribution in [0.5, 0.6) is 0 Å². The van der Waals surface area contributed by atoms with Crippen molar-refractivity contribution in [2.75, 3.05) is 13.2 Å². The molecule has 0 N–H and O–H groups in total. The van der Waals surface area contributed by atoms with Gasteiger partial charge in [0.15, 0.2) is 5.58 Å². The molecule has 0 saturated carbocycles. The number of rotatable bonds is 4. The number of azo groups is 1. The van der Waals surface area contributed by atoms with Crippen LogP contribution in [0.1, 0.15) is 40.2 Å². The average Bonchev–Trinajstić information content (AvgIpc) is 3.21. The first kappa shape index (κ1) is 26.1. The van der Waals surface area contributed by atoms with Gasteiger partial charge in [0.1, 0.15) is 5.52 Å². The van der Waals surface area contributed by atoms with Crippen molar-refractivity contribution < 1.29 is 28.4 Å². The summed E-state index contributed by atoms with van der Waals surface area (Å²) < 4.78 is 14.4. The predicted octanol–water partition coefficient (Wildman–Crippen LogP) is 6.45. The highest BCUT2D eigenvalue weighted by molar-refractivity contribution is 5.78. The Labute approximate surface area is 195 Å². The fourth-order valence-electron chi connectivity index (χ4n) is 2.65. The van der Waals surface area contributed by atoms with Gasteiger partial charge >= 0.3 is 12.2 Å². The molecule has 0 radical (unpaired) electrons. The van der Waals surface area contributed by atoms with Crippen molar-refractivity contribution in [3.05, 3.63) is 58.1 Å². The summed E-state index contributed by atoms with van der Waals surface area (Å²) >= 11 is 0. The fraction of sp³-hybridized carbons (Fsp3) is 0.348. The van der Waals surface area contributed by atoms with Crippen LogP contribution in [-0.4, -0.2) is 35.3 Å². The Morgan fingerprint density at radius 2 is 1.56 bits per heavy atom. The van der Waals surface area contributed by atoms with E-state index in [1.807, 2.05) is 24.3 Å². The summed E-state index contributed by atoms with van der Waals surface area (Å²) in [5.74, 6) is 0.468. The molecule has 34 heavy (non-hydrogen) atoms. The van der Waals surface area contributed by atoms with Gasteiger partial charge in [0.25, 0.3) is 5.69 Å². The molecule has 0 aliphatic rings. The van der Waals surface area contributed by atoms with E-state index in [0.717, 1.165) is 5.56 Å². The number of aromatic nitrogens is 1. The summed E-state index contributed by atoms with van der Waals surface area (Å²) in [5.41, 5.74) is 3.20. The van der Waals surface area contributed by atoms with Gasteiger partial charge < -0.3 is 13.9 Å². The normalized spacial score (nSPS) is 11.1. The van der Waals surface area contributed by atoms with Crippen LogP contribution in [0.4, 0.5) is 15.3 Å². The second-order valence-corrected chi connectivity index (χ2v) is 7.85. The van der Waals surface area contributed by atoms with Gasteiger partial charge in [0.2, 0.25) is 5.89 Å². The Morgan fingerprint density at radius 3 is 2.03 bits per heavy atom. The van der Waals surface area contributed by atoms with Crippen LogP contribution < -0.4 is 0 Å². The summed E-state index contributed by atoms with van der Waals surface area (Å²) in [4.78, 5) is 35.6. The van der Waals surface area contributed by atoms with E-state index in [0.29, 0.717) is 17.0 Å². The molecular formula is C23H26N4O7. The van der Waals surface area contributed by atoms with Gasteiger partial charge in [-0.05, 0) is 43.0 Å². The number of nitro groups is 1. The van der Waals surface area contributed by atoms with E-state index in [2.05, 4.69) is 45.5 Å². The van der Waals surface area contributed by atoms with Crippen molar-refractivity contribution in [1.82, 2.24) is 4.98 Å². The Morgan fingerprint density at radius 1 is 1.00 bits per heavy atom. The van der Waals surface area contributed by atoms with E-state index >= 15 is 0 Å². The van der Waals surface area contributed by atoms with Gasteiger partial charge in [-0.2, -0.15) is 0 Å². The highest BCUT2D eigenvalue weighted by Gasteiger charge is 2.15. The molecule has 0 aliphatic heterocycles. The number of fused-ring (bicyclic) bond motifs is 1. The maximum Gasteiger partial charge on any atom is 0.452 e. The van der Waals surface area contributed by atoms with Crippen molar-refractivity contribution in [2.45, 2.75) is 40.0 Å². The number of hydrogen-bond acceptors (Lipinski definition) is 8. The Bertz CT molecular complexity index is 1160. The minimum Gasteiger partial charge on any atom is -0.447 e. The third-order valence-electron chi connectivity index (χ3n) is 4.33. The van der Waals surface area contributed by atoms with Gasteiger partial charge in [-0.15, -0.1) is 0 Å². The first-order chi connectivity index (χ1) is 16.0. The first-order valence-electron chi connectivity index (χ1n) is 10.5. The second kappa shape index (κ2) is 11.6. The molecule has 2 amide bonds. The lowest BCUT2D eigenvalue weighted by molar-refractivity contribution is -0.384. The molecule has 0 atom stereocenters. The van der Waals surface area contributed by atoms with Crippen LogP contribution in [0.15, 0.2) is 57.1 Å². The maximum absolute atomic E-state index is 10.8. The largest absolute Gasteiger partial charge is 0.452 e. The summed E-state index contributed by atoms with van der Waals surface area (Å²) in [6.45, 7) is 10.1. The van der Waals surface area contributed by atoms with Gasteiger partial charge in [0.05, 0.1) is 18.1 Å². The van der Waals surface area contributed by atoms with Crippen molar-refractivity contribution in [2.24, 2.45) is 10.2 Å². The average molecular weight is 470 g/mol. The zero-order valence-electron chi connectivity index (χ0n) is 19.6. The van der Waals surface area contributed by atoms with Crippen molar-refractivity contribution in [3.8, 4) is 11.5 Å². The van der Waals surface area contributed by atoms with Gasteiger partial charge in [-0.1, -0.05) is 43.1 Å². The molecule has 0 fully saturated rings. The number of non-ortho nitro benzene ring substituents is 1. The van der Waals surface area contributed by atoms with Gasteiger partial charge in [-0.3, -0.25) is 10.1 Å². The molecule has 1 aromatic heterocycles. The van der Waals surface area contributed by atoms with Crippen LogP contribution in [0, 0.1) is 10.1 Å². The molecule has 1 heterocycles. The zero-order chi connectivity index (χ0) is 25.3. The second-order valence-electron chi connectivity index (χ2n) is 7.85. The van der Waals surface area contributed by atoms with E-state index in [-0.39, 0.29) is 24.3 Å². The Balaban J connectivity index is 0.000000292. The standard InChI is InChI=1S/C17H16N2O3.C6H10N2O4/c1-17(2,3)12-6-4-11(5-7-12)16-18-14-10-13(19(20)21)8-9-15(14)22-16;1-3-11-5(9)7-8-6(10)12-4-2/h4-10H,1-3H3;3-4H2,1-2H3/b;8-7+. The molecule has 11 heteroatoms. The minimum atomic E-state index is -0.898. The van der Waals surface area contributed by atoms with E-state index < -0.39 is 17.1 Å². The lowest BCUT2D eigenvalue weighted by Gasteiger charge is -2.18. The van der Waals surface area contributed by atoms with Crippen LogP contribution in [-0.2, 0) is 14.9 Å². The van der Waals surface area contributed by atoms with E-state index in [9.17, 15) is 19.7 Å². The maximum atomic E-state index is 10.8. The van der Waals surface area contributed by atoms with Crippen molar-refractivity contribution in [3.63, 3.8) is 0 Å². The quantitative estimate of drug-likeness (QED) is 0.240. The number of amides is 2. The molecule has 11 nitrogen and oxygen atoms in total. The van der Waals surface area contributed by atoms with Crippen LogP contribution in [0.3, 0.4) is 0 Å². The smallest absolute Gasteiger partial charge is 0.447 e. The van der Waals surface area contributed by atoms with Gasteiger partial charge in [0, 0.05) is 17.7 Å². The number of carbonyl (C=O) groups is 2. The lowest BCUT2D eigenvalue weighted by atomic mass is 9.87. The summed E-state index contributed by atoms with van der Waals surface area (Å²) in [5, 5.41) is 16.6. The van der Waals surface area contributed by atoms with Crippen molar-refractivity contribution in [1.29, 1.82) is 0 Å². The number of nitro benzene ring substituents is 1. The molecular weight excluding hydrogens is 444 g/mol. The number of oxazole rings is 1. The molecule has 3 rings (SSSR count). The number of nitrogens with zero attached hydrogens (tertiary/aromatic N) is 4. The number of ether oxygens (including phenoxy) is 2. The molecule has 3 aromatic rings. The number of hydrogen-bond donors (Lipinski definition) is 0. The summed E-state index contributed by atoms with van der Waals surface area (Å²) in [6.07, 6.45) is -1.80. The Hall–Kier alpha value is -4.15. The van der Waals surface area contributed by atoms with Crippen LogP contribution in [0.2, 0.25) is 0 Å². The molecule has 0 unspecified atom stereocenters. The zero-order valence-corrected chi connectivity index (χ0v) is 19.6. The van der Waals surface area contributed by atoms with Crippen LogP contribution >= 0.6 is 0 Å². The predicted molar refractivity (Wildman–Crippen MR) is 124 cm³/mol. The van der Waals surface area contributed by atoms with Gasteiger partial charge in [-0.25, -0.2) is 14.6 Å². The highest BCUT2D eigenvalue weighted by atomic mass is 16.6. The first-order valence-corrected chi connectivity index (χ1v) is 10.5. The number of benzene rings is 2.